The van der Waals surface area contributed by atoms with Crippen molar-refractivity contribution in [1.29, 1.82) is 0 Å². The molecule has 6 nitrogen and oxygen atoms in total. The Labute approximate surface area is 170 Å². The number of rotatable bonds is 6. The first kappa shape index (κ1) is 20.4. The first-order valence-electron chi connectivity index (χ1n) is 9.54. The highest BCUT2D eigenvalue weighted by atomic mass is 16.5. The van der Waals surface area contributed by atoms with Gasteiger partial charge in [0.2, 0.25) is 5.91 Å². The molecule has 29 heavy (non-hydrogen) atoms. The van der Waals surface area contributed by atoms with Crippen molar-refractivity contribution in [2.45, 2.75) is 31.8 Å². The molecule has 0 radical (unpaired) electrons. The van der Waals surface area contributed by atoms with E-state index in [0.29, 0.717) is 19.3 Å². The number of benzene rings is 2. The zero-order valence-corrected chi connectivity index (χ0v) is 16.4. The molecule has 1 aliphatic heterocycles. The topological polar surface area (TPSA) is 78.9 Å². The fourth-order valence-corrected chi connectivity index (χ4v) is 3.12. The van der Waals surface area contributed by atoms with E-state index < -0.39 is 6.04 Å². The minimum absolute atomic E-state index is 0.0438. The molecule has 0 saturated carbocycles. The van der Waals surface area contributed by atoms with Gasteiger partial charge in [0.05, 0.1) is 20.3 Å². The molecule has 0 aromatic heterocycles. The zero-order chi connectivity index (χ0) is 20.6. The average Bonchev–Trinajstić information content (AvgIpc) is 2.75. The highest BCUT2D eigenvalue weighted by Crippen LogP contribution is 2.21. The van der Waals surface area contributed by atoms with Gasteiger partial charge in [-0.3, -0.25) is 14.5 Å². The number of aliphatic hydroxyl groups is 1. The molecule has 150 valence electrons. The maximum atomic E-state index is 12.9. The number of hydrogen-bond donors (Lipinski definition) is 2. The van der Waals surface area contributed by atoms with Gasteiger partial charge in [0, 0.05) is 24.1 Å². The van der Waals surface area contributed by atoms with Crippen LogP contribution in [0.15, 0.2) is 48.5 Å². The van der Waals surface area contributed by atoms with Crippen molar-refractivity contribution in [2.24, 2.45) is 0 Å². The van der Waals surface area contributed by atoms with Crippen LogP contribution in [-0.4, -0.2) is 41.6 Å². The average molecular weight is 392 g/mol. The molecule has 0 bridgehead atoms. The predicted octanol–water partition coefficient (Wildman–Crippen LogP) is 2.56. The molecule has 2 aromatic rings. The predicted molar refractivity (Wildman–Crippen MR) is 110 cm³/mol. The summed E-state index contributed by atoms with van der Waals surface area (Å²) in [4.78, 5) is 26.5. The lowest BCUT2D eigenvalue weighted by atomic mass is 10.0. The van der Waals surface area contributed by atoms with Gasteiger partial charge in [0.25, 0.3) is 5.91 Å². The van der Waals surface area contributed by atoms with Crippen molar-refractivity contribution >= 4 is 17.5 Å². The second-order valence-electron chi connectivity index (χ2n) is 6.75. The highest BCUT2D eigenvalue weighted by molar-refractivity contribution is 6.01. The number of piperidine rings is 1. The summed E-state index contributed by atoms with van der Waals surface area (Å²) in [6.07, 6.45) is 1.23. The van der Waals surface area contributed by atoms with E-state index in [0.717, 1.165) is 22.6 Å². The Kier molecular flexibility index (Phi) is 6.88. The van der Waals surface area contributed by atoms with Gasteiger partial charge in [0.1, 0.15) is 11.8 Å². The lowest BCUT2D eigenvalue weighted by molar-refractivity contribution is -0.149. The molecule has 1 aliphatic rings. The second kappa shape index (κ2) is 9.76. The Morgan fingerprint density at radius 2 is 1.86 bits per heavy atom. The number of hydrogen-bond acceptors (Lipinski definition) is 5. The fraction of sp³-hybridized carbons (Fsp3) is 0.304. The fourth-order valence-electron chi connectivity index (χ4n) is 3.12. The van der Waals surface area contributed by atoms with Crippen molar-refractivity contribution in [1.82, 2.24) is 4.90 Å². The number of anilines is 1. The minimum Gasteiger partial charge on any atom is -0.497 e. The van der Waals surface area contributed by atoms with Crippen molar-refractivity contribution in [2.75, 3.05) is 19.0 Å². The summed E-state index contributed by atoms with van der Waals surface area (Å²) in [6.45, 7) is 0.293. The van der Waals surface area contributed by atoms with Gasteiger partial charge in [-0.05, 0) is 48.4 Å². The quantitative estimate of drug-likeness (QED) is 0.584. The first-order chi connectivity index (χ1) is 14.1. The van der Waals surface area contributed by atoms with Crippen molar-refractivity contribution in [3.63, 3.8) is 0 Å². The number of aliphatic hydroxyl groups excluding tert-OH is 1. The van der Waals surface area contributed by atoms with Crippen LogP contribution in [0, 0.1) is 11.8 Å². The molecular weight excluding hydrogens is 368 g/mol. The third-order valence-corrected chi connectivity index (χ3v) is 4.71. The van der Waals surface area contributed by atoms with Gasteiger partial charge in [-0.25, -0.2) is 0 Å². The number of carbonyl (C=O) groups excluding carboxylic acids is 2. The van der Waals surface area contributed by atoms with E-state index in [1.165, 1.54) is 4.90 Å². The number of likely N-dealkylation sites (tertiary alicyclic amines) is 1. The Balaban J connectivity index is 1.65. The number of imide groups is 1. The van der Waals surface area contributed by atoms with Crippen LogP contribution in [0.25, 0.3) is 0 Å². The zero-order valence-electron chi connectivity index (χ0n) is 16.4. The van der Waals surface area contributed by atoms with Crippen LogP contribution in [-0.2, 0) is 16.1 Å². The number of nitrogens with zero attached hydrogens (tertiary/aromatic N) is 1. The molecule has 1 heterocycles. The van der Waals surface area contributed by atoms with E-state index in [-0.39, 0.29) is 25.0 Å². The summed E-state index contributed by atoms with van der Waals surface area (Å²) >= 11 is 0. The summed E-state index contributed by atoms with van der Waals surface area (Å²) < 4.78 is 5.14. The van der Waals surface area contributed by atoms with Crippen LogP contribution in [0.2, 0.25) is 0 Å². The van der Waals surface area contributed by atoms with Crippen LogP contribution in [0.5, 0.6) is 5.75 Å². The van der Waals surface area contributed by atoms with Crippen LogP contribution >= 0.6 is 0 Å². The molecule has 1 unspecified atom stereocenters. The van der Waals surface area contributed by atoms with E-state index in [2.05, 4.69) is 17.2 Å². The molecule has 0 spiro atoms. The Morgan fingerprint density at radius 1 is 1.14 bits per heavy atom. The molecule has 1 fully saturated rings. The van der Waals surface area contributed by atoms with Crippen molar-refractivity contribution in [3.8, 4) is 17.6 Å². The van der Waals surface area contributed by atoms with Gasteiger partial charge < -0.3 is 15.2 Å². The summed E-state index contributed by atoms with van der Waals surface area (Å²) in [6, 6.07) is 14.3. The molecule has 1 saturated heterocycles. The largest absolute Gasteiger partial charge is 0.497 e. The molecular formula is C23H24N2O4. The third-order valence-electron chi connectivity index (χ3n) is 4.71. The van der Waals surface area contributed by atoms with E-state index in [1.807, 2.05) is 48.5 Å². The monoisotopic (exact) mass is 392 g/mol. The summed E-state index contributed by atoms with van der Waals surface area (Å²) in [5.41, 5.74) is 2.52. The lowest BCUT2D eigenvalue weighted by Crippen LogP contribution is -2.50. The van der Waals surface area contributed by atoms with Gasteiger partial charge in [-0.1, -0.05) is 24.0 Å². The molecule has 2 aromatic carbocycles. The smallest absolute Gasteiger partial charge is 0.251 e. The van der Waals surface area contributed by atoms with E-state index in [4.69, 9.17) is 9.84 Å². The second-order valence-corrected chi connectivity index (χ2v) is 6.75. The number of nitrogens with one attached hydrogen (secondary N) is 1. The van der Waals surface area contributed by atoms with Gasteiger partial charge in [-0.2, -0.15) is 0 Å². The van der Waals surface area contributed by atoms with Crippen LogP contribution < -0.4 is 10.1 Å². The standard InChI is InChI=1S/C23H24N2O4/c1-29-20-11-7-18(8-12-20)16-25-22(27)14-13-21(23(25)28)24-19-9-5-17(6-10-19)4-2-3-15-26/h5-12,21,24,26H,3,13-16H2,1H3. The first-order valence-corrected chi connectivity index (χ1v) is 9.54. The van der Waals surface area contributed by atoms with Gasteiger partial charge >= 0.3 is 0 Å². The Bertz CT molecular complexity index is 911. The number of carbonyl (C=O) groups is 2. The van der Waals surface area contributed by atoms with Gasteiger partial charge in [-0.15, -0.1) is 0 Å². The Morgan fingerprint density at radius 3 is 2.52 bits per heavy atom. The van der Waals surface area contributed by atoms with E-state index in [9.17, 15) is 9.59 Å². The maximum Gasteiger partial charge on any atom is 0.251 e. The van der Waals surface area contributed by atoms with Gasteiger partial charge in [0.15, 0.2) is 0 Å². The van der Waals surface area contributed by atoms with Crippen molar-refractivity contribution < 1.29 is 19.4 Å². The maximum absolute atomic E-state index is 12.9. The number of ether oxygens (including phenoxy) is 1. The van der Waals surface area contributed by atoms with Crippen LogP contribution in [0.1, 0.15) is 30.4 Å². The normalized spacial score (nSPS) is 16.2. The molecule has 6 heteroatoms. The van der Waals surface area contributed by atoms with E-state index >= 15 is 0 Å². The van der Waals surface area contributed by atoms with Crippen LogP contribution in [0.4, 0.5) is 5.69 Å². The molecule has 3 rings (SSSR count). The number of amides is 2. The number of methoxy groups -OCH3 is 1. The Hall–Kier alpha value is -3.30. The lowest BCUT2D eigenvalue weighted by Gasteiger charge is -2.31. The van der Waals surface area contributed by atoms with E-state index in [1.54, 1.807) is 7.11 Å². The minimum atomic E-state index is -0.447. The molecule has 2 amide bonds. The molecule has 0 aliphatic carbocycles. The third kappa shape index (κ3) is 5.37. The summed E-state index contributed by atoms with van der Waals surface area (Å²) in [5.74, 6) is 6.20. The summed E-state index contributed by atoms with van der Waals surface area (Å²) in [5, 5.41) is 12.0. The highest BCUT2D eigenvalue weighted by Gasteiger charge is 2.34. The molecule has 1 atom stereocenters. The molecule has 2 N–H and O–H groups in total. The SMILES string of the molecule is COc1ccc(CN2C(=O)CCC(Nc3ccc(C#CCCO)cc3)C2=O)cc1. The van der Waals surface area contributed by atoms with Crippen molar-refractivity contribution in [3.05, 3.63) is 59.7 Å². The van der Waals surface area contributed by atoms with Crippen LogP contribution in [0.3, 0.4) is 0 Å². The summed E-state index contributed by atoms with van der Waals surface area (Å²) in [7, 11) is 1.59.